The average molecular weight is 311 g/mol. The molecule has 0 fully saturated rings. The zero-order valence-electron chi connectivity index (χ0n) is 7.33. The maximum Gasteiger partial charge on any atom is 0.229 e. The first kappa shape index (κ1) is 10.8. The van der Waals surface area contributed by atoms with Crippen LogP contribution in [0.25, 0.3) is 0 Å². The van der Waals surface area contributed by atoms with Crippen molar-refractivity contribution in [1.29, 1.82) is 0 Å². The van der Waals surface area contributed by atoms with Gasteiger partial charge >= 0.3 is 0 Å². The van der Waals surface area contributed by atoms with Gasteiger partial charge in [0.25, 0.3) is 0 Å². The van der Waals surface area contributed by atoms with E-state index in [4.69, 9.17) is 0 Å². The molecule has 0 aliphatic rings. The van der Waals surface area contributed by atoms with Crippen molar-refractivity contribution in [2.24, 2.45) is 0 Å². The lowest BCUT2D eigenvalue weighted by atomic mass is 10.2. The van der Waals surface area contributed by atoms with Crippen LogP contribution in [-0.2, 0) is 10.0 Å². The van der Waals surface area contributed by atoms with E-state index in [1.807, 2.05) is 13.0 Å². The highest BCUT2D eigenvalue weighted by atomic mass is 127. The molecule has 13 heavy (non-hydrogen) atoms. The molecule has 1 rings (SSSR count). The number of hydrogen-bond donors (Lipinski definition) is 1. The minimum atomic E-state index is -3.16. The van der Waals surface area contributed by atoms with Gasteiger partial charge in [0.2, 0.25) is 10.0 Å². The van der Waals surface area contributed by atoms with E-state index in [1.165, 1.54) is 0 Å². The van der Waals surface area contributed by atoms with E-state index in [-0.39, 0.29) is 0 Å². The van der Waals surface area contributed by atoms with Gasteiger partial charge in [0.15, 0.2) is 0 Å². The largest absolute Gasteiger partial charge is 0.284 e. The van der Waals surface area contributed by atoms with Crippen molar-refractivity contribution in [3.05, 3.63) is 27.3 Å². The van der Waals surface area contributed by atoms with Gasteiger partial charge in [-0.15, -0.1) is 0 Å². The van der Waals surface area contributed by atoms with Crippen LogP contribution in [0.1, 0.15) is 5.56 Å². The average Bonchev–Trinajstić information content (AvgIpc) is 1.94. The number of rotatable bonds is 2. The first-order valence-electron chi connectivity index (χ1n) is 3.62. The molecule has 72 valence electrons. The molecule has 0 amide bonds. The summed E-state index contributed by atoms with van der Waals surface area (Å²) in [5.41, 5.74) is 1.75. The third kappa shape index (κ3) is 3.51. The van der Waals surface area contributed by atoms with Gasteiger partial charge in [-0.3, -0.25) is 4.72 Å². The van der Waals surface area contributed by atoms with Crippen LogP contribution < -0.4 is 4.72 Å². The summed E-state index contributed by atoms with van der Waals surface area (Å²) in [5, 5.41) is 0. The Labute approximate surface area is 91.7 Å². The van der Waals surface area contributed by atoms with Crippen molar-refractivity contribution in [2.45, 2.75) is 6.92 Å². The van der Waals surface area contributed by atoms with Gasteiger partial charge in [-0.2, -0.15) is 0 Å². The second-order valence-electron chi connectivity index (χ2n) is 2.84. The summed E-state index contributed by atoms with van der Waals surface area (Å²) < 4.78 is 25.2. The second kappa shape index (κ2) is 3.83. The summed E-state index contributed by atoms with van der Waals surface area (Å²) in [5.74, 6) is 0. The first-order chi connectivity index (χ1) is 5.88. The van der Waals surface area contributed by atoms with Gasteiger partial charge in [0.05, 0.1) is 6.26 Å². The first-order valence-corrected chi connectivity index (χ1v) is 6.59. The molecule has 0 saturated heterocycles. The molecule has 0 spiro atoms. The Morgan fingerprint density at radius 1 is 1.38 bits per heavy atom. The summed E-state index contributed by atoms with van der Waals surface area (Å²) in [7, 11) is -3.16. The molecule has 5 heteroatoms. The van der Waals surface area contributed by atoms with Crippen LogP contribution in [0.15, 0.2) is 18.2 Å². The van der Waals surface area contributed by atoms with E-state index in [0.29, 0.717) is 5.69 Å². The Bertz CT molecular complexity index is 414. The van der Waals surface area contributed by atoms with Crippen LogP contribution in [0.4, 0.5) is 5.69 Å². The van der Waals surface area contributed by atoms with Crippen LogP contribution >= 0.6 is 22.6 Å². The van der Waals surface area contributed by atoms with Crippen molar-refractivity contribution in [3.63, 3.8) is 0 Å². The molecule has 0 aromatic heterocycles. The topological polar surface area (TPSA) is 46.2 Å². The van der Waals surface area contributed by atoms with E-state index in [0.717, 1.165) is 15.4 Å². The molecule has 0 radical (unpaired) electrons. The molecule has 0 saturated carbocycles. The van der Waals surface area contributed by atoms with Crippen LogP contribution in [0.5, 0.6) is 0 Å². The Hall–Kier alpha value is -0.300. The zero-order valence-corrected chi connectivity index (χ0v) is 10.3. The zero-order chi connectivity index (χ0) is 10.1. The molecule has 3 nitrogen and oxygen atoms in total. The Morgan fingerprint density at radius 3 is 2.46 bits per heavy atom. The van der Waals surface area contributed by atoms with Crippen molar-refractivity contribution >= 4 is 38.3 Å². The number of anilines is 1. The minimum Gasteiger partial charge on any atom is -0.284 e. The number of benzene rings is 1. The molecule has 1 aromatic carbocycles. The lowest BCUT2D eigenvalue weighted by molar-refractivity contribution is 0.607. The van der Waals surface area contributed by atoms with E-state index >= 15 is 0 Å². The van der Waals surface area contributed by atoms with Crippen LogP contribution in [-0.4, -0.2) is 14.7 Å². The molecule has 0 aliphatic heterocycles. The summed E-state index contributed by atoms with van der Waals surface area (Å²) in [6, 6.07) is 5.44. The van der Waals surface area contributed by atoms with Crippen molar-refractivity contribution in [1.82, 2.24) is 0 Å². The molecular weight excluding hydrogens is 301 g/mol. The normalized spacial score (nSPS) is 11.3. The maximum absolute atomic E-state index is 10.9. The van der Waals surface area contributed by atoms with Gasteiger partial charge in [-0.25, -0.2) is 8.42 Å². The van der Waals surface area contributed by atoms with Crippen LogP contribution in [0, 0.1) is 10.5 Å². The third-order valence-electron chi connectivity index (χ3n) is 1.48. The number of aryl methyl sites for hydroxylation is 1. The molecule has 0 aliphatic carbocycles. The smallest absolute Gasteiger partial charge is 0.229 e. The van der Waals surface area contributed by atoms with Gasteiger partial charge in [0, 0.05) is 9.26 Å². The second-order valence-corrected chi connectivity index (χ2v) is 5.75. The molecule has 0 heterocycles. The molecule has 0 unspecified atom stereocenters. The van der Waals surface area contributed by atoms with E-state index < -0.39 is 10.0 Å². The van der Waals surface area contributed by atoms with Crippen molar-refractivity contribution in [2.75, 3.05) is 11.0 Å². The van der Waals surface area contributed by atoms with Crippen molar-refractivity contribution < 1.29 is 8.42 Å². The summed E-state index contributed by atoms with van der Waals surface area (Å²) >= 11 is 2.17. The fourth-order valence-electron chi connectivity index (χ4n) is 0.870. The molecule has 0 bridgehead atoms. The lowest BCUT2D eigenvalue weighted by Gasteiger charge is -2.05. The number of halogens is 1. The highest BCUT2D eigenvalue weighted by molar-refractivity contribution is 14.1. The monoisotopic (exact) mass is 311 g/mol. The minimum absolute atomic E-state index is 0.609. The van der Waals surface area contributed by atoms with E-state index in [2.05, 4.69) is 27.3 Å². The third-order valence-corrected chi connectivity index (χ3v) is 3.24. The van der Waals surface area contributed by atoms with Gasteiger partial charge in [-0.1, -0.05) is 6.07 Å². The standard InChI is InChI=1S/C8H10INO2S/c1-6-3-4-7(5-8(6)9)10-13(2,11)12/h3-5,10H,1-2H3. The van der Waals surface area contributed by atoms with Crippen molar-refractivity contribution in [3.8, 4) is 0 Å². The maximum atomic E-state index is 10.9. The predicted octanol–water partition coefficient (Wildman–Crippen LogP) is 1.97. The SMILES string of the molecule is Cc1ccc(NS(C)(=O)=O)cc1I. The van der Waals surface area contributed by atoms with Crippen LogP contribution in [0.3, 0.4) is 0 Å². The summed E-state index contributed by atoms with van der Waals surface area (Å²) in [6.45, 7) is 1.98. The Morgan fingerprint density at radius 2 is 2.00 bits per heavy atom. The summed E-state index contributed by atoms with van der Waals surface area (Å²) in [6.07, 6.45) is 1.14. The highest BCUT2D eigenvalue weighted by Gasteiger charge is 2.02. The number of nitrogens with one attached hydrogen (secondary N) is 1. The highest BCUT2D eigenvalue weighted by Crippen LogP contribution is 2.17. The van der Waals surface area contributed by atoms with Crippen LogP contribution in [0.2, 0.25) is 0 Å². The van der Waals surface area contributed by atoms with E-state index in [9.17, 15) is 8.42 Å². The lowest BCUT2D eigenvalue weighted by Crippen LogP contribution is -2.09. The summed E-state index contributed by atoms with van der Waals surface area (Å²) in [4.78, 5) is 0. The van der Waals surface area contributed by atoms with Gasteiger partial charge < -0.3 is 0 Å². The Kier molecular flexibility index (Phi) is 3.18. The Balaban J connectivity index is 2.99. The molecule has 1 aromatic rings. The fourth-order valence-corrected chi connectivity index (χ4v) is 1.94. The fraction of sp³-hybridized carbons (Fsp3) is 0.250. The van der Waals surface area contributed by atoms with E-state index in [1.54, 1.807) is 12.1 Å². The van der Waals surface area contributed by atoms with Gasteiger partial charge in [0.1, 0.15) is 0 Å². The number of hydrogen-bond acceptors (Lipinski definition) is 2. The molecule has 1 N–H and O–H groups in total. The van der Waals surface area contributed by atoms with Gasteiger partial charge in [-0.05, 0) is 47.2 Å². The quantitative estimate of drug-likeness (QED) is 0.849. The predicted molar refractivity (Wildman–Crippen MR) is 62.4 cm³/mol. The number of sulfonamides is 1. The molecule has 0 atom stereocenters. The molecular formula is C8H10INO2S.